The molecule has 0 radical (unpaired) electrons. The molecule has 1 heterocycles. The maximum atomic E-state index is 14.4. The lowest BCUT2D eigenvalue weighted by atomic mass is 10.00. The van der Waals surface area contributed by atoms with Crippen LogP contribution in [0.15, 0.2) is 76.2 Å². The number of aliphatic imine (C=N–C) groups is 1. The molecule has 0 aliphatic carbocycles. The van der Waals surface area contributed by atoms with Gasteiger partial charge in [0.25, 0.3) is 0 Å². The lowest BCUT2D eigenvalue weighted by Crippen LogP contribution is -2.32. The Kier molecular flexibility index (Phi) is 5.29. The third-order valence-corrected chi connectivity index (χ3v) is 5.30. The highest BCUT2D eigenvalue weighted by atomic mass is 79.9. The van der Waals surface area contributed by atoms with Crippen molar-refractivity contribution >= 4 is 44.8 Å². The van der Waals surface area contributed by atoms with Crippen LogP contribution < -0.4 is 4.90 Å². The summed E-state index contributed by atoms with van der Waals surface area (Å²) in [5.41, 5.74) is 3.44. The predicted octanol–water partition coefficient (Wildman–Crippen LogP) is 5.63. The standard InChI is InChI=1S/C22H15BrClFN2O/c23-16-7-6-15(19(25)10-16)13-27-20-9-8-17(24)11-18(20)22(26-12-21(27)28)14-4-2-1-3-5-14/h1-11H,12-13H2. The van der Waals surface area contributed by atoms with Crippen molar-refractivity contribution in [1.82, 2.24) is 0 Å². The van der Waals surface area contributed by atoms with Crippen LogP contribution >= 0.6 is 27.5 Å². The van der Waals surface area contributed by atoms with E-state index in [-0.39, 0.29) is 24.8 Å². The number of hydrogen-bond donors (Lipinski definition) is 0. The van der Waals surface area contributed by atoms with Gasteiger partial charge in [0.2, 0.25) is 5.91 Å². The fraction of sp³-hybridized carbons (Fsp3) is 0.0909. The lowest BCUT2D eigenvalue weighted by Gasteiger charge is -2.23. The fourth-order valence-electron chi connectivity index (χ4n) is 3.22. The fourth-order valence-corrected chi connectivity index (χ4v) is 3.73. The monoisotopic (exact) mass is 456 g/mol. The number of amides is 1. The van der Waals surface area contributed by atoms with E-state index in [9.17, 15) is 9.18 Å². The van der Waals surface area contributed by atoms with E-state index in [4.69, 9.17) is 11.6 Å². The van der Waals surface area contributed by atoms with E-state index in [1.165, 1.54) is 6.07 Å². The number of benzene rings is 3. The van der Waals surface area contributed by atoms with Crippen molar-refractivity contribution in [3.8, 4) is 0 Å². The number of anilines is 1. The smallest absolute Gasteiger partial charge is 0.248 e. The van der Waals surface area contributed by atoms with Gasteiger partial charge in [0.1, 0.15) is 12.4 Å². The van der Waals surface area contributed by atoms with E-state index in [0.29, 0.717) is 26.5 Å². The van der Waals surface area contributed by atoms with Gasteiger partial charge in [-0.3, -0.25) is 9.79 Å². The molecule has 3 aromatic rings. The molecule has 3 aromatic carbocycles. The molecular weight excluding hydrogens is 443 g/mol. The van der Waals surface area contributed by atoms with E-state index in [0.717, 1.165) is 11.1 Å². The molecule has 0 unspecified atom stereocenters. The molecule has 0 spiro atoms. The van der Waals surface area contributed by atoms with E-state index in [1.54, 1.807) is 35.2 Å². The minimum absolute atomic E-state index is 0.0192. The van der Waals surface area contributed by atoms with Gasteiger partial charge in [-0.1, -0.05) is 63.9 Å². The summed E-state index contributed by atoms with van der Waals surface area (Å²) < 4.78 is 15.0. The van der Waals surface area contributed by atoms with Crippen LogP contribution in [0.2, 0.25) is 5.02 Å². The van der Waals surface area contributed by atoms with Crippen LogP contribution in [0.3, 0.4) is 0 Å². The first-order valence-corrected chi connectivity index (χ1v) is 9.84. The Morgan fingerprint density at radius 2 is 1.86 bits per heavy atom. The van der Waals surface area contributed by atoms with Gasteiger partial charge < -0.3 is 4.90 Å². The maximum absolute atomic E-state index is 14.4. The van der Waals surface area contributed by atoms with Crippen molar-refractivity contribution in [3.05, 3.63) is 98.7 Å². The van der Waals surface area contributed by atoms with Gasteiger partial charge >= 0.3 is 0 Å². The summed E-state index contributed by atoms with van der Waals surface area (Å²) in [5, 5.41) is 0.548. The van der Waals surface area contributed by atoms with Crippen LogP contribution in [0.5, 0.6) is 0 Å². The van der Waals surface area contributed by atoms with E-state index in [2.05, 4.69) is 20.9 Å². The first kappa shape index (κ1) is 18.8. The van der Waals surface area contributed by atoms with Crippen molar-refractivity contribution in [1.29, 1.82) is 0 Å². The molecule has 4 rings (SSSR count). The van der Waals surface area contributed by atoms with E-state index >= 15 is 0 Å². The SMILES string of the molecule is O=C1CN=C(c2ccccc2)c2cc(Cl)ccc2N1Cc1ccc(Br)cc1F. The Hall–Kier alpha value is -2.50. The minimum Gasteiger partial charge on any atom is -0.306 e. The van der Waals surface area contributed by atoms with Gasteiger partial charge in [-0.15, -0.1) is 0 Å². The number of carbonyl (C=O) groups is 1. The van der Waals surface area contributed by atoms with Gasteiger partial charge in [-0.25, -0.2) is 4.39 Å². The summed E-state index contributed by atoms with van der Waals surface area (Å²) >= 11 is 9.51. The molecule has 6 heteroatoms. The van der Waals surface area contributed by atoms with Crippen LogP contribution in [0.25, 0.3) is 0 Å². The number of benzodiazepines with no additional fused rings is 1. The molecule has 0 bridgehead atoms. The maximum Gasteiger partial charge on any atom is 0.248 e. The molecule has 1 aliphatic rings. The summed E-state index contributed by atoms with van der Waals surface area (Å²) in [6.07, 6.45) is 0. The molecule has 0 fully saturated rings. The molecule has 28 heavy (non-hydrogen) atoms. The molecule has 1 aliphatic heterocycles. The largest absolute Gasteiger partial charge is 0.306 e. The van der Waals surface area contributed by atoms with Crippen molar-refractivity contribution in [2.45, 2.75) is 6.54 Å². The quantitative estimate of drug-likeness (QED) is 0.502. The van der Waals surface area contributed by atoms with Gasteiger partial charge in [0.05, 0.1) is 17.9 Å². The van der Waals surface area contributed by atoms with Crippen LogP contribution in [0.1, 0.15) is 16.7 Å². The zero-order chi connectivity index (χ0) is 19.7. The van der Waals surface area contributed by atoms with Gasteiger partial charge in [-0.05, 0) is 30.3 Å². The van der Waals surface area contributed by atoms with Crippen LogP contribution in [0, 0.1) is 5.82 Å². The first-order valence-electron chi connectivity index (χ1n) is 8.67. The average Bonchev–Trinajstić information content (AvgIpc) is 2.81. The number of carbonyl (C=O) groups excluding carboxylic acids is 1. The average molecular weight is 458 g/mol. The molecule has 0 N–H and O–H groups in total. The number of hydrogen-bond acceptors (Lipinski definition) is 2. The minimum atomic E-state index is -0.369. The van der Waals surface area contributed by atoms with Crippen molar-refractivity contribution in [3.63, 3.8) is 0 Å². The zero-order valence-electron chi connectivity index (χ0n) is 14.7. The molecule has 3 nitrogen and oxygen atoms in total. The van der Waals surface area contributed by atoms with Gasteiger partial charge in [-0.2, -0.15) is 0 Å². The summed E-state index contributed by atoms with van der Waals surface area (Å²) in [7, 11) is 0. The van der Waals surface area contributed by atoms with Crippen molar-refractivity contribution < 1.29 is 9.18 Å². The Balaban J connectivity index is 1.82. The second-order valence-corrected chi connectivity index (χ2v) is 7.76. The topological polar surface area (TPSA) is 32.7 Å². The van der Waals surface area contributed by atoms with E-state index < -0.39 is 0 Å². The second-order valence-electron chi connectivity index (χ2n) is 6.41. The Bertz CT molecular complexity index is 1090. The molecule has 0 atom stereocenters. The molecule has 0 aromatic heterocycles. The van der Waals surface area contributed by atoms with Crippen LogP contribution in [0.4, 0.5) is 10.1 Å². The summed E-state index contributed by atoms with van der Waals surface area (Å²) in [6.45, 7) is 0.0961. The first-order chi connectivity index (χ1) is 13.5. The molecule has 140 valence electrons. The molecule has 0 saturated heterocycles. The summed E-state index contributed by atoms with van der Waals surface area (Å²) in [4.78, 5) is 19.0. The van der Waals surface area contributed by atoms with Crippen LogP contribution in [-0.4, -0.2) is 18.2 Å². The third kappa shape index (κ3) is 3.73. The third-order valence-electron chi connectivity index (χ3n) is 4.57. The highest BCUT2D eigenvalue weighted by molar-refractivity contribution is 9.10. The zero-order valence-corrected chi connectivity index (χ0v) is 17.0. The lowest BCUT2D eigenvalue weighted by molar-refractivity contribution is -0.117. The molecule has 1 amide bonds. The normalized spacial score (nSPS) is 13.8. The predicted molar refractivity (Wildman–Crippen MR) is 114 cm³/mol. The highest BCUT2D eigenvalue weighted by Crippen LogP contribution is 2.31. The van der Waals surface area contributed by atoms with Gasteiger partial charge in [0, 0.05) is 26.2 Å². The van der Waals surface area contributed by atoms with Crippen LogP contribution in [-0.2, 0) is 11.3 Å². The summed E-state index contributed by atoms with van der Waals surface area (Å²) in [6, 6.07) is 19.8. The Labute approximate surface area is 175 Å². The highest BCUT2D eigenvalue weighted by Gasteiger charge is 2.26. The molecular formula is C22H15BrClFN2O. The number of fused-ring (bicyclic) bond motifs is 1. The second kappa shape index (κ2) is 7.86. The summed E-state index contributed by atoms with van der Waals surface area (Å²) in [5.74, 6) is -0.567. The Morgan fingerprint density at radius 1 is 1.07 bits per heavy atom. The van der Waals surface area contributed by atoms with Crippen molar-refractivity contribution in [2.24, 2.45) is 4.99 Å². The van der Waals surface area contributed by atoms with E-state index in [1.807, 2.05) is 30.3 Å². The number of rotatable bonds is 3. The number of halogens is 3. The van der Waals surface area contributed by atoms with Crippen molar-refractivity contribution in [2.75, 3.05) is 11.4 Å². The Morgan fingerprint density at radius 3 is 2.61 bits per heavy atom. The number of nitrogens with zero attached hydrogens (tertiary/aromatic N) is 2. The van der Waals surface area contributed by atoms with Gasteiger partial charge in [0.15, 0.2) is 0 Å². The molecule has 0 saturated carbocycles.